The number of nitrogens with one attached hydrogen (secondary N) is 1. The van der Waals surface area contributed by atoms with E-state index in [1.54, 1.807) is 0 Å². The van der Waals surface area contributed by atoms with E-state index in [9.17, 15) is 0 Å². The van der Waals surface area contributed by atoms with E-state index in [0.29, 0.717) is 5.92 Å². The lowest BCUT2D eigenvalue weighted by molar-refractivity contribution is 0.299. The average molecular weight is 231 g/mol. The van der Waals surface area contributed by atoms with Crippen LogP contribution in [0.3, 0.4) is 0 Å². The van der Waals surface area contributed by atoms with Crippen molar-refractivity contribution in [2.45, 2.75) is 51.5 Å². The molecule has 0 bridgehead atoms. The van der Waals surface area contributed by atoms with Crippen LogP contribution in [-0.2, 0) is 0 Å². The van der Waals surface area contributed by atoms with E-state index in [1.807, 2.05) is 0 Å². The summed E-state index contributed by atoms with van der Waals surface area (Å²) in [5.74, 6) is 1.53. The molecule has 1 aromatic carbocycles. The first-order valence-electron chi connectivity index (χ1n) is 7.04. The van der Waals surface area contributed by atoms with E-state index in [4.69, 9.17) is 0 Å². The van der Waals surface area contributed by atoms with E-state index < -0.39 is 0 Å². The van der Waals surface area contributed by atoms with Crippen LogP contribution in [0.4, 0.5) is 0 Å². The lowest BCUT2D eigenvalue weighted by atomic mass is 9.87. The van der Waals surface area contributed by atoms with Gasteiger partial charge in [0.05, 0.1) is 0 Å². The highest BCUT2D eigenvalue weighted by Crippen LogP contribution is 2.24. The van der Waals surface area contributed by atoms with Crippen LogP contribution in [0.15, 0.2) is 30.3 Å². The molecule has 1 aromatic rings. The standard InChI is InChI=1S/C16H25N/c1-13-7-6-10-16(11-13)17-12-14(2)15-8-4-3-5-9-15/h3-5,8-9,13-14,16-17H,6-7,10-12H2,1-2H3. The molecule has 0 aromatic heterocycles. The Labute approximate surface area is 106 Å². The Bertz CT molecular complexity index is 320. The predicted molar refractivity (Wildman–Crippen MR) is 74.3 cm³/mol. The first-order chi connectivity index (χ1) is 8.25. The maximum Gasteiger partial charge on any atom is 0.00698 e. The molecule has 0 saturated heterocycles. The normalized spacial score (nSPS) is 26.7. The quantitative estimate of drug-likeness (QED) is 0.827. The molecule has 1 saturated carbocycles. The van der Waals surface area contributed by atoms with Crippen molar-refractivity contribution in [3.05, 3.63) is 35.9 Å². The van der Waals surface area contributed by atoms with Crippen LogP contribution in [0.5, 0.6) is 0 Å². The molecule has 1 aliphatic rings. The molecule has 0 spiro atoms. The van der Waals surface area contributed by atoms with Gasteiger partial charge in [0.2, 0.25) is 0 Å². The summed E-state index contributed by atoms with van der Waals surface area (Å²) in [6.45, 7) is 5.81. The van der Waals surface area contributed by atoms with Crippen molar-refractivity contribution in [2.24, 2.45) is 5.92 Å². The van der Waals surface area contributed by atoms with Crippen molar-refractivity contribution in [1.29, 1.82) is 0 Å². The number of rotatable bonds is 4. The molecular formula is C16H25N. The van der Waals surface area contributed by atoms with Crippen LogP contribution in [0.25, 0.3) is 0 Å². The molecule has 2 rings (SSSR count). The van der Waals surface area contributed by atoms with E-state index in [0.717, 1.165) is 18.5 Å². The summed E-state index contributed by atoms with van der Waals surface area (Å²) in [7, 11) is 0. The van der Waals surface area contributed by atoms with Crippen LogP contribution >= 0.6 is 0 Å². The fourth-order valence-electron chi connectivity index (χ4n) is 2.86. The Kier molecular flexibility index (Phi) is 4.61. The van der Waals surface area contributed by atoms with Crippen molar-refractivity contribution >= 4 is 0 Å². The van der Waals surface area contributed by atoms with Gasteiger partial charge in [-0.1, -0.05) is 57.0 Å². The third kappa shape index (κ3) is 3.85. The largest absolute Gasteiger partial charge is 0.313 e. The van der Waals surface area contributed by atoms with Crippen molar-refractivity contribution < 1.29 is 0 Å². The molecule has 1 aliphatic carbocycles. The van der Waals surface area contributed by atoms with Crippen molar-refractivity contribution in [3.63, 3.8) is 0 Å². The molecule has 0 aliphatic heterocycles. The molecule has 94 valence electrons. The van der Waals surface area contributed by atoms with Crippen LogP contribution in [-0.4, -0.2) is 12.6 Å². The highest BCUT2D eigenvalue weighted by Gasteiger charge is 2.18. The molecule has 3 atom stereocenters. The minimum Gasteiger partial charge on any atom is -0.313 e. The number of hydrogen-bond acceptors (Lipinski definition) is 1. The molecular weight excluding hydrogens is 206 g/mol. The zero-order valence-corrected chi connectivity index (χ0v) is 11.2. The Morgan fingerprint density at radius 3 is 2.71 bits per heavy atom. The smallest absolute Gasteiger partial charge is 0.00698 e. The van der Waals surface area contributed by atoms with E-state index in [1.165, 1.54) is 31.2 Å². The zero-order chi connectivity index (χ0) is 12.1. The van der Waals surface area contributed by atoms with Crippen LogP contribution in [0, 0.1) is 5.92 Å². The SMILES string of the molecule is CC1CCCC(NCC(C)c2ccccc2)C1. The van der Waals surface area contributed by atoms with Gasteiger partial charge in [-0.05, 0) is 30.2 Å². The molecule has 0 amide bonds. The summed E-state index contributed by atoms with van der Waals surface area (Å²) in [4.78, 5) is 0. The highest BCUT2D eigenvalue weighted by atomic mass is 14.9. The Balaban J connectivity index is 1.78. The lowest BCUT2D eigenvalue weighted by Gasteiger charge is -2.28. The Morgan fingerprint density at radius 1 is 1.24 bits per heavy atom. The van der Waals surface area contributed by atoms with Crippen LogP contribution in [0.2, 0.25) is 0 Å². The van der Waals surface area contributed by atoms with Gasteiger partial charge in [0.1, 0.15) is 0 Å². The van der Waals surface area contributed by atoms with Crippen LogP contribution in [0.1, 0.15) is 51.0 Å². The van der Waals surface area contributed by atoms with Crippen molar-refractivity contribution in [3.8, 4) is 0 Å². The molecule has 0 radical (unpaired) electrons. The maximum atomic E-state index is 3.75. The molecule has 17 heavy (non-hydrogen) atoms. The summed E-state index contributed by atoms with van der Waals surface area (Å²) < 4.78 is 0. The summed E-state index contributed by atoms with van der Waals surface area (Å²) in [6, 6.07) is 11.6. The monoisotopic (exact) mass is 231 g/mol. The van der Waals surface area contributed by atoms with Gasteiger partial charge in [0, 0.05) is 12.6 Å². The third-order valence-corrected chi connectivity index (χ3v) is 4.02. The second kappa shape index (κ2) is 6.20. The zero-order valence-electron chi connectivity index (χ0n) is 11.2. The van der Waals surface area contributed by atoms with Gasteiger partial charge in [-0.25, -0.2) is 0 Å². The minimum atomic E-state index is 0.619. The third-order valence-electron chi connectivity index (χ3n) is 4.02. The maximum absolute atomic E-state index is 3.75. The Hall–Kier alpha value is -0.820. The second-order valence-electron chi connectivity index (χ2n) is 5.69. The van der Waals surface area contributed by atoms with Gasteiger partial charge in [-0.15, -0.1) is 0 Å². The summed E-state index contributed by atoms with van der Waals surface area (Å²) in [6.07, 6.45) is 5.55. The molecule has 1 fully saturated rings. The fourth-order valence-corrected chi connectivity index (χ4v) is 2.86. The Morgan fingerprint density at radius 2 is 2.00 bits per heavy atom. The average Bonchev–Trinajstić information content (AvgIpc) is 2.37. The van der Waals surface area contributed by atoms with Crippen molar-refractivity contribution in [2.75, 3.05) is 6.54 Å². The van der Waals surface area contributed by atoms with Gasteiger partial charge in [-0.2, -0.15) is 0 Å². The molecule has 1 heteroatoms. The summed E-state index contributed by atoms with van der Waals surface area (Å²) >= 11 is 0. The van der Waals surface area contributed by atoms with E-state index in [-0.39, 0.29) is 0 Å². The predicted octanol–water partition coefficient (Wildman–Crippen LogP) is 3.96. The first-order valence-corrected chi connectivity index (χ1v) is 7.04. The molecule has 1 N–H and O–H groups in total. The molecule has 0 heterocycles. The van der Waals surface area contributed by atoms with Gasteiger partial charge >= 0.3 is 0 Å². The molecule has 1 nitrogen and oxygen atoms in total. The van der Waals surface area contributed by atoms with E-state index >= 15 is 0 Å². The first kappa shape index (κ1) is 12.6. The number of hydrogen-bond donors (Lipinski definition) is 1. The number of benzene rings is 1. The topological polar surface area (TPSA) is 12.0 Å². The van der Waals surface area contributed by atoms with Crippen LogP contribution < -0.4 is 5.32 Å². The van der Waals surface area contributed by atoms with Crippen molar-refractivity contribution in [1.82, 2.24) is 5.32 Å². The minimum absolute atomic E-state index is 0.619. The highest BCUT2D eigenvalue weighted by molar-refractivity contribution is 5.19. The van der Waals surface area contributed by atoms with Gasteiger partial charge in [-0.3, -0.25) is 0 Å². The molecule has 3 unspecified atom stereocenters. The second-order valence-corrected chi connectivity index (χ2v) is 5.69. The summed E-state index contributed by atoms with van der Waals surface area (Å²) in [5.41, 5.74) is 1.45. The fraction of sp³-hybridized carbons (Fsp3) is 0.625. The van der Waals surface area contributed by atoms with Gasteiger partial charge < -0.3 is 5.32 Å². The summed E-state index contributed by atoms with van der Waals surface area (Å²) in [5, 5.41) is 3.75. The van der Waals surface area contributed by atoms with Gasteiger partial charge in [0.25, 0.3) is 0 Å². The van der Waals surface area contributed by atoms with Gasteiger partial charge in [0.15, 0.2) is 0 Å². The van der Waals surface area contributed by atoms with E-state index in [2.05, 4.69) is 49.5 Å². The lowest BCUT2D eigenvalue weighted by Crippen LogP contribution is -2.35.